The smallest absolute Gasteiger partial charge is 0.356 e. The largest absolute Gasteiger partial charge is 0.476 e. The van der Waals surface area contributed by atoms with E-state index in [9.17, 15) is 4.79 Å². The first kappa shape index (κ1) is 14.8. The van der Waals surface area contributed by atoms with Crippen molar-refractivity contribution in [2.75, 3.05) is 0 Å². The molecule has 5 nitrogen and oxygen atoms in total. The highest BCUT2D eigenvalue weighted by molar-refractivity contribution is 5.85. The molecular weight excluding hydrogens is 266 g/mol. The maximum atomic E-state index is 11.2. The summed E-state index contributed by atoms with van der Waals surface area (Å²) in [5, 5.41) is 22.3. The van der Waals surface area contributed by atoms with Gasteiger partial charge in [-0.1, -0.05) is 19.9 Å². The Morgan fingerprint density at radius 2 is 2.10 bits per heavy atom. The minimum atomic E-state index is -1.04. The Balaban J connectivity index is 2.60. The molecule has 0 spiro atoms. The molecule has 0 aliphatic rings. The quantitative estimate of drug-likeness (QED) is 0.912. The van der Waals surface area contributed by atoms with E-state index in [1.165, 1.54) is 0 Å². The number of benzene rings is 1. The average molecular weight is 283 g/mol. The standard InChI is InChI=1S/C16H17N3O2/c1-3-12(4-2)15-9-14(16(20)21)18-19(15)13-7-5-6-11(8-13)10-17/h5-9,12H,3-4H2,1-2H3,(H,20,21). The van der Waals surface area contributed by atoms with Crippen LogP contribution in [0.1, 0.15) is 54.4 Å². The number of carbonyl (C=O) groups is 1. The van der Waals surface area contributed by atoms with Crippen molar-refractivity contribution in [2.24, 2.45) is 0 Å². The molecule has 0 saturated carbocycles. The normalized spacial score (nSPS) is 10.6. The van der Waals surface area contributed by atoms with Crippen molar-refractivity contribution in [3.8, 4) is 11.8 Å². The lowest BCUT2D eigenvalue weighted by molar-refractivity contribution is 0.0690. The minimum absolute atomic E-state index is 0.0271. The van der Waals surface area contributed by atoms with Crippen molar-refractivity contribution in [1.29, 1.82) is 5.26 Å². The van der Waals surface area contributed by atoms with Crippen LogP contribution < -0.4 is 0 Å². The predicted octanol–water partition coefficient (Wildman–Crippen LogP) is 3.35. The molecule has 0 amide bonds. The van der Waals surface area contributed by atoms with Gasteiger partial charge in [-0.2, -0.15) is 10.4 Å². The van der Waals surface area contributed by atoms with Crippen molar-refractivity contribution in [2.45, 2.75) is 32.6 Å². The monoisotopic (exact) mass is 283 g/mol. The summed E-state index contributed by atoms with van der Waals surface area (Å²) in [6, 6.07) is 10.7. The number of nitrogens with zero attached hydrogens (tertiary/aromatic N) is 3. The second-order valence-corrected chi connectivity index (χ2v) is 4.85. The topological polar surface area (TPSA) is 78.9 Å². The molecule has 1 aromatic carbocycles. The van der Waals surface area contributed by atoms with Gasteiger partial charge in [-0.3, -0.25) is 0 Å². The first-order valence-electron chi connectivity index (χ1n) is 6.94. The van der Waals surface area contributed by atoms with E-state index >= 15 is 0 Å². The molecule has 2 rings (SSSR count). The van der Waals surface area contributed by atoms with Crippen molar-refractivity contribution in [3.05, 3.63) is 47.3 Å². The van der Waals surface area contributed by atoms with E-state index in [1.807, 2.05) is 6.07 Å². The van der Waals surface area contributed by atoms with Gasteiger partial charge in [0.15, 0.2) is 5.69 Å². The van der Waals surface area contributed by atoms with Crippen molar-refractivity contribution < 1.29 is 9.90 Å². The number of rotatable bonds is 5. The molecule has 0 radical (unpaired) electrons. The van der Waals surface area contributed by atoms with Crippen molar-refractivity contribution >= 4 is 5.97 Å². The number of nitriles is 1. The number of carboxylic acids is 1. The van der Waals surface area contributed by atoms with Crippen LogP contribution in [-0.4, -0.2) is 20.9 Å². The van der Waals surface area contributed by atoms with E-state index < -0.39 is 5.97 Å². The summed E-state index contributed by atoms with van der Waals surface area (Å²) >= 11 is 0. The van der Waals surface area contributed by atoms with Gasteiger partial charge in [0.1, 0.15) is 0 Å². The molecule has 108 valence electrons. The second-order valence-electron chi connectivity index (χ2n) is 4.85. The summed E-state index contributed by atoms with van der Waals surface area (Å²) in [7, 11) is 0. The van der Waals surface area contributed by atoms with Crippen LogP contribution in [0.5, 0.6) is 0 Å². The zero-order valence-electron chi connectivity index (χ0n) is 12.1. The molecule has 0 aliphatic carbocycles. The number of hydrogen-bond acceptors (Lipinski definition) is 3. The van der Waals surface area contributed by atoms with Crippen LogP contribution in [0, 0.1) is 11.3 Å². The molecule has 21 heavy (non-hydrogen) atoms. The lowest BCUT2D eigenvalue weighted by Crippen LogP contribution is -2.07. The van der Waals surface area contributed by atoms with Crippen LogP contribution >= 0.6 is 0 Å². The van der Waals surface area contributed by atoms with Gasteiger partial charge in [-0.05, 0) is 37.1 Å². The fraction of sp³-hybridized carbons (Fsp3) is 0.312. The highest BCUT2D eigenvalue weighted by Gasteiger charge is 2.19. The lowest BCUT2D eigenvalue weighted by Gasteiger charge is -2.15. The Morgan fingerprint density at radius 1 is 1.38 bits per heavy atom. The third kappa shape index (κ3) is 2.95. The third-order valence-electron chi connectivity index (χ3n) is 3.58. The molecule has 0 unspecified atom stereocenters. The predicted molar refractivity (Wildman–Crippen MR) is 78.6 cm³/mol. The van der Waals surface area contributed by atoms with E-state index in [-0.39, 0.29) is 11.6 Å². The third-order valence-corrected chi connectivity index (χ3v) is 3.58. The summed E-state index contributed by atoms with van der Waals surface area (Å²) in [6.45, 7) is 4.13. The van der Waals surface area contributed by atoms with E-state index in [0.717, 1.165) is 18.5 Å². The molecule has 0 bridgehead atoms. The average Bonchev–Trinajstić information content (AvgIpc) is 2.94. The van der Waals surface area contributed by atoms with Crippen LogP contribution in [0.3, 0.4) is 0 Å². The summed E-state index contributed by atoms with van der Waals surface area (Å²) < 4.78 is 1.64. The number of aromatic nitrogens is 2. The Hall–Kier alpha value is -2.61. The zero-order valence-corrected chi connectivity index (χ0v) is 12.1. The molecule has 1 heterocycles. The molecular formula is C16H17N3O2. The van der Waals surface area contributed by atoms with Crippen molar-refractivity contribution in [1.82, 2.24) is 9.78 Å². The summed E-state index contributed by atoms with van der Waals surface area (Å²) in [5.41, 5.74) is 2.13. The molecule has 2 aromatic rings. The number of aromatic carboxylic acids is 1. The number of hydrogen-bond donors (Lipinski definition) is 1. The molecule has 0 fully saturated rings. The minimum Gasteiger partial charge on any atom is -0.476 e. The summed E-state index contributed by atoms with van der Waals surface area (Å²) in [5.74, 6) is -0.811. The van der Waals surface area contributed by atoms with E-state index in [1.54, 1.807) is 28.9 Å². The van der Waals surface area contributed by atoms with Crippen LogP contribution in [0.4, 0.5) is 0 Å². The Labute approximate surface area is 123 Å². The Morgan fingerprint density at radius 3 is 2.67 bits per heavy atom. The van der Waals surface area contributed by atoms with Gasteiger partial charge in [0.2, 0.25) is 0 Å². The lowest BCUT2D eigenvalue weighted by atomic mass is 9.99. The SMILES string of the molecule is CCC(CC)c1cc(C(=O)O)nn1-c1cccc(C#N)c1. The van der Waals surface area contributed by atoms with Gasteiger partial charge in [0, 0.05) is 11.6 Å². The van der Waals surface area contributed by atoms with Gasteiger partial charge < -0.3 is 5.11 Å². The van der Waals surface area contributed by atoms with E-state index in [4.69, 9.17) is 10.4 Å². The van der Waals surface area contributed by atoms with E-state index in [2.05, 4.69) is 25.0 Å². The van der Waals surface area contributed by atoms with Crippen LogP contribution in [0.15, 0.2) is 30.3 Å². The molecule has 0 aliphatic heterocycles. The van der Waals surface area contributed by atoms with Gasteiger partial charge in [0.25, 0.3) is 0 Å². The van der Waals surface area contributed by atoms with Gasteiger partial charge in [-0.15, -0.1) is 0 Å². The number of carboxylic acid groups (broad SMARTS) is 1. The first-order valence-corrected chi connectivity index (χ1v) is 6.94. The van der Waals surface area contributed by atoms with Crippen LogP contribution in [0.2, 0.25) is 0 Å². The summed E-state index contributed by atoms with van der Waals surface area (Å²) in [4.78, 5) is 11.2. The Bertz CT molecular complexity index is 694. The zero-order chi connectivity index (χ0) is 15.4. The fourth-order valence-electron chi connectivity index (χ4n) is 2.41. The molecule has 1 N–H and O–H groups in total. The van der Waals surface area contributed by atoms with Crippen LogP contribution in [-0.2, 0) is 0 Å². The molecule has 0 saturated heterocycles. The van der Waals surface area contributed by atoms with Crippen LogP contribution in [0.25, 0.3) is 5.69 Å². The fourth-order valence-corrected chi connectivity index (χ4v) is 2.41. The highest BCUT2D eigenvalue weighted by Crippen LogP contribution is 2.26. The van der Waals surface area contributed by atoms with Crippen molar-refractivity contribution in [3.63, 3.8) is 0 Å². The van der Waals surface area contributed by atoms with Gasteiger partial charge >= 0.3 is 5.97 Å². The summed E-state index contributed by atoms with van der Waals surface area (Å²) in [6.07, 6.45) is 1.80. The van der Waals surface area contributed by atoms with Gasteiger partial charge in [0.05, 0.1) is 17.3 Å². The molecule has 1 aromatic heterocycles. The second kappa shape index (κ2) is 6.23. The maximum Gasteiger partial charge on any atom is 0.356 e. The first-order chi connectivity index (χ1) is 10.1. The Kier molecular flexibility index (Phi) is 4.39. The maximum absolute atomic E-state index is 11.2. The highest BCUT2D eigenvalue weighted by atomic mass is 16.4. The molecule has 5 heteroatoms. The molecule has 0 atom stereocenters. The van der Waals surface area contributed by atoms with E-state index in [0.29, 0.717) is 11.3 Å². The van der Waals surface area contributed by atoms with Gasteiger partial charge in [-0.25, -0.2) is 9.48 Å².